The second-order valence-corrected chi connectivity index (χ2v) is 9.00. The molecule has 1 heterocycles. The lowest BCUT2D eigenvalue weighted by Crippen LogP contribution is -2.05. The highest BCUT2D eigenvalue weighted by molar-refractivity contribution is 8.18. The van der Waals surface area contributed by atoms with Gasteiger partial charge in [-0.2, -0.15) is 22.1 Å². The zero-order chi connectivity index (χ0) is 18.7. The number of allylic oxidation sites excluding steroid dienone is 2. The molecule has 0 N–H and O–H groups in total. The van der Waals surface area contributed by atoms with Gasteiger partial charge >= 0.3 is 20.2 Å². The molecule has 0 saturated heterocycles. The molecule has 25 heavy (non-hydrogen) atoms. The van der Waals surface area contributed by atoms with Crippen LogP contribution in [-0.4, -0.2) is 34.4 Å². The first-order valence-electron chi connectivity index (χ1n) is 6.54. The molecule has 0 fully saturated rings. The van der Waals surface area contributed by atoms with E-state index in [1.165, 1.54) is 18.2 Å². The quantitative estimate of drug-likeness (QED) is 0.417. The zero-order valence-corrected chi connectivity index (χ0v) is 15.5. The van der Waals surface area contributed by atoms with Gasteiger partial charge in [0.05, 0.1) is 18.1 Å². The predicted molar refractivity (Wildman–Crippen MR) is 94.5 cm³/mol. The molecule has 1 aliphatic heterocycles. The molecule has 2 rings (SSSR count). The van der Waals surface area contributed by atoms with Gasteiger partial charge in [-0.3, -0.25) is 4.28 Å². The first-order valence-corrected chi connectivity index (χ1v) is 11.0. The summed E-state index contributed by atoms with van der Waals surface area (Å²) in [6.07, 6.45) is 4.93. The molecule has 1 aliphatic rings. The van der Waals surface area contributed by atoms with Crippen LogP contribution in [0.1, 0.15) is 5.56 Å². The maximum Gasteiger partial charge on any atom is 0.325 e. The highest BCUT2D eigenvalue weighted by atomic mass is 32.2. The van der Waals surface area contributed by atoms with Crippen molar-refractivity contribution < 1.29 is 25.3 Å². The summed E-state index contributed by atoms with van der Waals surface area (Å²) in [4.78, 5) is 0.551. The summed E-state index contributed by atoms with van der Waals surface area (Å²) in [6.45, 7) is 0. The van der Waals surface area contributed by atoms with Crippen molar-refractivity contribution in [2.24, 2.45) is 5.16 Å². The van der Waals surface area contributed by atoms with E-state index < -0.39 is 20.2 Å². The molecule has 0 spiro atoms. The smallest absolute Gasteiger partial charge is 0.325 e. The van der Waals surface area contributed by atoms with E-state index in [9.17, 15) is 22.1 Å². The third kappa shape index (κ3) is 5.93. The van der Waals surface area contributed by atoms with Gasteiger partial charge in [0.2, 0.25) is 0 Å². The fourth-order valence-corrected chi connectivity index (χ4v) is 3.29. The fraction of sp³-hybridized carbons (Fsp3) is 0.143. The van der Waals surface area contributed by atoms with Crippen molar-refractivity contribution in [3.05, 3.63) is 46.9 Å². The first-order chi connectivity index (χ1) is 11.6. The third-order valence-corrected chi connectivity index (χ3v) is 4.42. The summed E-state index contributed by atoms with van der Waals surface area (Å²) in [5, 5.41) is 13.2. The predicted octanol–water partition coefficient (Wildman–Crippen LogP) is 1.85. The van der Waals surface area contributed by atoms with Gasteiger partial charge in [-0.15, -0.1) is 0 Å². The highest BCUT2D eigenvalue weighted by Crippen LogP contribution is 2.34. The van der Waals surface area contributed by atoms with Crippen LogP contribution in [0.3, 0.4) is 0 Å². The summed E-state index contributed by atoms with van der Waals surface area (Å²) >= 11 is 1.07. The molecular weight excluding hydrogens is 388 g/mol. The summed E-state index contributed by atoms with van der Waals surface area (Å²) in [5.41, 5.74) is 0.859. The molecule has 0 unspecified atom stereocenters. The van der Waals surface area contributed by atoms with Crippen molar-refractivity contribution in [3.63, 3.8) is 0 Å². The number of hydrogen-bond acceptors (Lipinski definition) is 9. The lowest BCUT2D eigenvalue weighted by atomic mass is 10.1. The van der Waals surface area contributed by atoms with Gasteiger partial charge in [-0.1, -0.05) is 16.9 Å². The van der Waals surface area contributed by atoms with Crippen LogP contribution in [0, 0.1) is 11.3 Å². The summed E-state index contributed by atoms with van der Waals surface area (Å²) in [5.74, 6) is 0.131. The molecule has 0 radical (unpaired) electrons. The van der Waals surface area contributed by atoms with Crippen LogP contribution in [0.4, 0.5) is 0 Å². The molecule has 0 atom stereocenters. The molecule has 0 aromatic heterocycles. The van der Waals surface area contributed by atoms with E-state index in [4.69, 9.17) is 4.18 Å². The largest absolute Gasteiger partial charge is 0.383 e. The van der Waals surface area contributed by atoms with Gasteiger partial charge in [0.25, 0.3) is 0 Å². The third-order valence-electron chi connectivity index (χ3n) is 2.60. The Labute approximate surface area is 149 Å². The number of oxime groups is 1. The Hall–Kier alpha value is -2.29. The molecule has 11 heteroatoms. The van der Waals surface area contributed by atoms with Crippen LogP contribution < -0.4 is 4.18 Å². The Bertz CT molecular complexity index is 1010. The van der Waals surface area contributed by atoms with Gasteiger partial charge in [-0.25, -0.2) is 0 Å². The lowest BCUT2D eigenvalue weighted by Gasteiger charge is -2.05. The molecular formula is C14H12N2O6S3. The zero-order valence-electron chi connectivity index (χ0n) is 13.0. The SMILES string of the molecule is CS(=O)(=O)ON=C1C=CC(=C(C#N)c2ccc(OS(C)(=O)=O)cc2)S1. The normalized spacial score (nSPS) is 18.0. The number of rotatable bonds is 5. The maximum atomic E-state index is 11.1. The number of benzene rings is 1. The van der Waals surface area contributed by atoms with E-state index in [0.717, 1.165) is 24.3 Å². The second kappa shape index (κ2) is 7.30. The number of thioether (sulfide) groups is 1. The van der Waals surface area contributed by atoms with Crippen LogP contribution in [-0.2, 0) is 24.5 Å². The van der Waals surface area contributed by atoms with Crippen LogP contribution >= 0.6 is 11.8 Å². The Kier molecular flexibility index (Phi) is 5.56. The van der Waals surface area contributed by atoms with Gasteiger partial charge in [0.15, 0.2) is 0 Å². The van der Waals surface area contributed by atoms with E-state index in [1.807, 2.05) is 0 Å². The van der Waals surface area contributed by atoms with Crippen molar-refractivity contribution in [3.8, 4) is 11.8 Å². The number of hydrogen-bond donors (Lipinski definition) is 0. The van der Waals surface area contributed by atoms with Crippen molar-refractivity contribution in [2.75, 3.05) is 12.5 Å². The van der Waals surface area contributed by atoms with E-state index in [1.54, 1.807) is 18.2 Å². The van der Waals surface area contributed by atoms with E-state index in [2.05, 4.69) is 15.5 Å². The minimum Gasteiger partial charge on any atom is -0.383 e. The Morgan fingerprint density at radius 2 is 1.72 bits per heavy atom. The van der Waals surface area contributed by atoms with Crippen LogP contribution in [0.5, 0.6) is 5.75 Å². The monoisotopic (exact) mass is 400 g/mol. The summed E-state index contributed by atoms with van der Waals surface area (Å²) in [6, 6.07) is 8.00. The van der Waals surface area contributed by atoms with E-state index in [-0.39, 0.29) is 10.8 Å². The number of nitriles is 1. The van der Waals surface area contributed by atoms with Crippen molar-refractivity contribution >= 4 is 42.6 Å². The average molecular weight is 400 g/mol. The molecule has 1 aromatic rings. The minimum atomic E-state index is -3.71. The van der Waals surface area contributed by atoms with E-state index >= 15 is 0 Å². The van der Waals surface area contributed by atoms with Crippen molar-refractivity contribution in [2.45, 2.75) is 0 Å². The Morgan fingerprint density at radius 1 is 1.08 bits per heavy atom. The molecule has 8 nitrogen and oxygen atoms in total. The topological polar surface area (TPSA) is 123 Å². The Balaban J connectivity index is 2.24. The van der Waals surface area contributed by atoms with Crippen molar-refractivity contribution in [1.82, 2.24) is 0 Å². The number of nitrogens with zero attached hydrogens (tertiary/aromatic N) is 2. The molecule has 0 bridgehead atoms. The van der Waals surface area contributed by atoms with Crippen molar-refractivity contribution in [1.29, 1.82) is 5.26 Å². The molecule has 0 amide bonds. The first kappa shape index (κ1) is 19.0. The fourth-order valence-electron chi connectivity index (χ4n) is 1.73. The molecule has 132 valence electrons. The van der Waals surface area contributed by atoms with Crippen LogP contribution in [0.25, 0.3) is 5.57 Å². The highest BCUT2D eigenvalue weighted by Gasteiger charge is 2.17. The summed E-state index contributed by atoms with van der Waals surface area (Å²) < 4.78 is 53.1. The average Bonchev–Trinajstić information content (AvgIpc) is 2.94. The second-order valence-electron chi connectivity index (χ2n) is 4.81. The van der Waals surface area contributed by atoms with Gasteiger partial charge in [0.1, 0.15) is 16.9 Å². The van der Waals surface area contributed by atoms with E-state index in [0.29, 0.717) is 16.0 Å². The molecule has 1 aromatic carbocycles. The molecule has 0 saturated carbocycles. The standard InChI is InChI=1S/C14H12N2O6S3/c1-24(17,18)21-11-5-3-10(4-6-11)12(9-15)13-7-8-14(23-13)16-22-25(2,19)20/h3-8H,1-2H3. The van der Waals surface area contributed by atoms with Gasteiger partial charge in [0, 0.05) is 4.91 Å². The summed E-state index contributed by atoms with van der Waals surface area (Å²) in [7, 11) is -7.33. The van der Waals surface area contributed by atoms with Gasteiger partial charge in [-0.05, 0) is 42.0 Å². The maximum absolute atomic E-state index is 11.1. The van der Waals surface area contributed by atoms with Gasteiger partial charge < -0.3 is 4.18 Å². The van der Waals surface area contributed by atoms with Crippen LogP contribution in [0.15, 0.2) is 46.5 Å². The van der Waals surface area contributed by atoms with Crippen LogP contribution in [0.2, 0.25) is 0 Å². The Morgan fingerprint density at radius 3 is 2.24 bits per heavy atom. The lowest BCUT2D eigenvalue weighted by molar-refractivity contribution is 0.345. The minimum absolute atomic E-state index is 0.131. The molecule has 0 aliphatic carbocycles.